The summed E-state index contributed by atoms with van der Waals surface area (Å²) < 4.78 is 12.8. The minimum atomic E-state index is 0.638. The predicted octanol–water partition coefficient (Wildman–Crippen LogP) is 7.93. The Labute approximate surface area is 215 Å². The van der Waals surface area contributed by atoms with E-state index in [1.54, 1.807) is 0 Å². The van der Waals surface area contributed by atoms with Crippen LogP contribution in [0.3, 0.4) is 0 Å². The molecule has 0 atom stereocenters. The molecule has 4 nitrogen and oxygen atoms in total. The van der Waals surface area contributed by atoms with E-state index in [-0.39, 0.29) is 0 Å². The molecule has 0 unspecified atom stereocenters. The number of ether oxygens (including phenoxy) is 2. The highest BCUT2D eigenvalue weighted by Gasteiger charge is 2.20. The van der Waals surface area contributed by atoms with Gasteiger partial charge in [-0.3, -0.25) is 0 Å². The number of hydrogen-bond donors (Lipinski definition) is 0. The first-order chi connectivity index (χ1) is 17.2. The third-order valence-electron chi connectivity index (χ3n) is 6.73. The second-order valence-corrected chi connectivity index (χ2v) is 9.45. The van der Waals surface area contributed by atoms with Crippen LogP contribution in [0, 0.1) is 32.1 Å². The lowest BCUT2D eigenvalue weighted by Gasteiger charge is -2.25. The summed E-state index contributed by atoms with van der Waals surface area (Å²) in [7, 11) is 0. The fourth-order valence-electron chi connectivity index (χ4n) is 4.93. The Morgan fingerprint density at radius 3 is 2.28 bits per heavy atom. The van der Waals surface area contributed by atoms with E-state index in [2.05, 4.69) is 82.8 Å². The van der Waals surface area contributed by atoms with Crippen LogP contribution in [-0.4, -0.2) is 13.1 Å². The van der Waals surface area contributed by atoms with Crippen molar-refractivity contribution in [1.29, 1.82) is 5.26 Å². The van der Waals surface area contributed by atoms with Gasteiger partial charge >= 0.3 is 0 Å². The Morgan fingerprint density at radius 2 is 1.64 bits per heavy atom. The summed E-state index contributed by atoms with van der Waals surface area (Å²) in [4.78, 5) is 2.30. The SMILES string of the molecule is CCN(CC)c1ccc2c(c1)O/C(=C/C1=CC(=C(/C)C#N)/C=C(c3c(C)cc(C)cc3C)O1)C=C2C. The fourth-order valence-corrected chi connectivity index (χ4v) is 4.93. The average molecular weight is 479 g/mol. The molecule has 2 aromatic rings. The molecule has 0 bridgehead atoms. The Hall–Kier alpha value is -3.97. The fraction of sp³-hybridized carbons (Fsp3) is 0.281. The van der Waals surface area contributed by atoms with Crippen LogP contribution in [0.5, 0.6) is 5.75 Å². The zero-order valence-electron chi connectivity index (χ0n) is 22.3. The molecular formula is C32H34N2O2. The first-order valence-electron chi connectivity index (χ1n) is 12.5. The molecule has 0 aromatic heterocycles. The molecule has 0 spiro atoms. The molecule has 184 valence electrons. The van der Waals surface area contributed by atoms with Gasteiger partial charge < -0.3 is 14.4 Å². The molecule has 0 fully saturated rings. The first-order valence-corrected chi connectivity index (χ1v) is 12.5. The molecule has 2 aliphatic heterocycles. The van der Waals surface area contributed by atoms with Crippen LogP contribution >= 0.6 is 0 Å². The highest BCUT2D eigenvalue weighted by Crippen LogP contribution is 2.38. The van der Waals surface area contributed by atoms with E-state index in [9.17, 15) is 5.26 Å². The van der Waals surface area contributed by atoms with Crippen LogP contribution in [0.2, 0.25) is 0 Å². The van der Waals surface area contributed by atoms with E-state index >= 15 is 0 Å². The smallest absolute Gasteiger partial charge is 0.136 e. The third kappa shape index (κ3) is 5.02. The first kappa shape index (κ1) is 25.1. The summed E-state index contributed by atoms with van der Waals surface area (Å²) >= 11 is 0. The van der Waals surface area contributed by atoms with Crippen LogP contribution in [-0.2, 0) is 4.74 Å². The van der Waals surface area contributed by atoms with Crippen molar-refractivity contribution in [3.63, 3.8) is 0 Å². The van der Waals surface area contributed by atoms with Gasteiger partial charge in [0, 0.05) is 47.6 Å². The summed E-state index contributed by atoms with van der Waals surface area (Å²) in [6, 6.07) is 13.0. The maximum absolute atomic E-state index is 9.59. The minimum absolute atomic E-state index is 0.638. The monoisotopic (exact) mass is 478 g/mol. The maximum atomic E-state index is 9.59. The lowest BCUT2D eigenvalue weighted by molar-refractivity contribution is 0.384. The third-order valence-corrected chi connectivity index (χ3v) is 6.73. The number of anilines is 1. The quantitative estimate of drug-likeness (QED) is 0.409. The molecule has 0 saturated carbocycles. The maximum Gasteiger partial charge on any atom is 0.136 e. The van der Waals surface area contributed by atoms with Gasteiger partial charge in [-0.15, -0.1) is 0 Å². The standard InChI is InChI=1S/C32H34N2O2/c1-8-34(9-2)26-10-11-29-21(4)14-27(35-30(29)17-26)18-28-15-25(24(7)19-33)16-31(36-28)32-22(5)12-20(3)13-23(32)6/h10-18H,8-9H2,1-7H3/b25-24+,27-18+. The lowest BCUT2D eigenvalue weighted by atomic mass is 9.95. The van der Waals surface area contributed by atoms with Gasteiger partial charge in [-0.05, 0) is 101 Å². The number of nitriles is 1. The summed E-state index contributed by atoms with van der Waals surface area (Å²) in [5.41, 5.74) is 9.40. The van der Waals surface area contributed by atoms with Crippen molar-refractivity contribution in [1.82, 2.24) is 0 Å². The van der Waals surface area contributed by atoms with E-state index < -0.39 is 0 Å². The molecule has 2 aliphatic rings. The van der Waals surface area contributed by atoms with E-state index in [1.807, 2.05) is 31.2 Å². The summed E-state index contributed by atoms with van der Waals surface area (Å²) in [6.45, 7) is 16.4. The van der Waals surface area contributed by atoms with Gasteiger partial charge in [-0.2, -0.15) is 5.26 Å². The Bertz CT molecular complexity index is 1380. The van der Waals surface area contributed by atoms with Crippen LogP contribution < -0.4 is 9.64 Å². The van der Waals surface area contributed by atoms with E-state index in [0.717, 1.165) is 63.7 Å². The molecular weight excluding hydrogens is 444 g/mol. The van der Waals surface area contributed by atoms with Gasteiger partial charge in [-0.25, -0.2) is 0 Å². The van der Waals surface area contributed by atoms with Crippen molar-refractivity contribution < 1.29 is 9.47 Å². The molecule has 0 saturated heterocycles. The van der Waals surface area contributed by atoms with Crippen LogP contribution in [0.4, 0.5) is 5.69 Å². The second-order valence-electron chi connectivity index (χ2n) is 9.45. The number of aryl methyl sites for hydroxylation is 3. The van der Waals surface area contributed by atoms with Gasteiger partial charge in [-0.1, -0.05) is 17.7 Å². The predicted molar refractivity (Wildman–Crippen MR) is 148 cm³/mol. The molecule has 36 heavy (non-hydrogen) atoms. The van der Waals surface area contributed by atoms with Crippen molar-refractivity contribution in [2.24, 2.45) is 0 Å². The van der Waals surface area contributed by atoms with Crippen molar-refractivity contribution in [3.05, 3.63) is 105 Å². The topological polar surface area (TPSA) is 45.5 Å². The van der Waals surface area contributed by atoms with Gasteiger partial charge in [0.2, 0.25) is 0 Å². The molecule has 2 aromatic carbocycles. The zero-order chi connectivity index (χ0) is 26.0. The highest BCUT2D eigenvalue weighted by atomic mass is 16.5. The van der Waals surface area contributed by atoms with E-state index in [1.165, 1.54) is 5.56 Å². The number of allylic oxidation sites excluding steroid dienone is 7. The molecule has 2 heterocycles. The molecule has 0 amide bonds. The zero-order valence-corrected chi connectivity index (χ0v) is 22.3. The molecule has 0 aliphatic carbocycles. The van der Waals surface area contributed by atoms with E-state index in [0.29, 0.717) is 17.1 Å². The summed E-state index contributed by atoms with van der Waals surface area (Å²) in [6.07, 6.45) is 7.81. The van der Waals surface area contributed by atoms with Crippen molar-refractivity contribution in [2.45, 2.75) is 48.5 Å². The van der Waals surface area contributed by atoms with Gasteiger partial charge in [0.25, 0.3) is 0 Å². The number of hydrogen-bond acceptors (Lipinski definition) is 4. The largest absolute Gasteiger partial charge is 0.457 e. The summed E-state index contributed by atoms with van der Waals surface area (Å²) in [5, 5.41) is 9.59. The van der Waals surface area contributed by atoms with Gasteiger partial charge in [0.15, 0.2) is 0 Å². The molecule has 0 radical (unpaired) electrons. The molecule has 4 heteroatoms. The Balaban J connectivity index is 1.73. The van der Waals surface area contributed by atoms with Crippen LogP contribution in [0.15, 0.2) is 77.3 Å². The van der Waals surface area contributed by atoms with Crippen molar-refractivity contribution >= 4 is 17.0 Å². The molecule has 0 N–H and O–H groups in total. The number of fused-ring (bicyclic) bond motifs is 1. The van der Waals surface area contributed by atoms with Crippen molar-refractivity contribution in [3.8, 4) is 11.8 Å². The lowest BCUT2D eigenvalue weighted by Crippen LogP contribution is -2.21. The normalized spacial score (nSPS) is 17.2. The summed E-state index contributed by atoms with van der Waals surface area (Å²) in [5.74, 6) is 2.92. The molecule has 4 rings (SSSR count). The second kappa shape index (κ2) is 10.3. The van der Waals surface area contributed by atoms with Crippen LogP contribution in [0.1, 0.15) is 55.5 Å². The van der Waals surface area contributed by atoms with Gasteiger partial charge in [0.05, 0.1) is 6.07 Å². The number of rotatable bonds is 5. The highest BCUT2D eigenvalue weighted by molar-refractivity contribution is 5.77. The number of benzene rings is 2. The van der Waals surface area contributed by atoms with Gasteiger partial charge in [0.1, 0.15) is 23.0 Å². The Morgan fingerprint density at radius 1 is 0.944 bits per heavy atom. The Kier molecular flexibility index (Phi) is 7.22. The van der Waals surface area contributed by atoms with Crippen LogP contribution in [0.25, 0.3) is 11.3 Å². The number of nitrogens with zero attached hydrogens (tertiary/aromatic N) is 2. The minimum Gasteiger partial charge on any atom is -0.457 e. The van der Waals surface area contributed by atoms with Crippen molar-refractivity contribution in [2.75, 3.05) is 18.0 Å². The van der Waals surface area contributed by atoms with E-state index in [4.69, 9.17) is 9.47 Å². The average Bonchev–Trinajstić information content (AvgIpc) is 2.83.